The van der Waals surface area contributed by atoms with Crippen molar-refractivity contribution in [2.24, 2.45) is 10.4 Å². The highest BCUT2D eigenvalue weighted by Crippen LogP contribution is 2.32. The maximum Gasteiger partial charge on any atom is 0.193 e. The average Bonchev–Trinajstić information content (AvgIpc) is 3.02. The summed E-state index contributed by atoms with van der Waals surface area (Å²) < 4.78 is 0. The number of likely N-dealkylation sites (tertiary alicyclic amines) is 2. The average molecular weight is 408 g/mol. The Morgan fingerprint density at radius 3 is 2.62 bits per heavy atom. The third kappa shape index (κ3) is 4.98. The smallest absolute Gasteiger partial charge is 0.193 e. The highest BCUT2D eigenvalue weighted by molar-refractivity contribution is 14.0. The first-order chi connectivity index (χ1) is 9.58. The lowest BCUT2D eigenvalue weighted by Crippen LogP contribution is -2.42. The second-order valence-electron chi connectivity index (χ2n) is 6.81. The van der Waals surface area contributed by atoms with Crippen LogP contribution in [0, 0.1) is 5.41 Å². The maximum absolute atomic E-state index is 4.92. The van der Waals surface area contributed by atoms with E-state index in [1.54, 1.807) is 0 Å². The summed E-state index contributed by atoms with van der Waals surface area (Å²) in [6.07, 6.45) is 5.17. The molecule has 0 radical (unpaired) electrons. The SMILES string of the molecule is CCNC(=NCC1CCCN1C)N1CCC(C)(CC)C1.I. The monoisotopic (exact) mass is 408 g/mol. The van der Waals surface area contributed by atoms with Crippen molar-refractivity contribution < 1.29 is 0 Å². The molecule has 21 heavy (non-hydrogen) atoms. The zero-order chi connectivity index (χ0) is 14.6. The Bertz CT molecular complexity index is 347. The van der Waals surface area contributed by atoms with Crippen LogP contribution >= 0.6 is 24.0 Å². The predicted octanol–water partition coefficient (Wildman–Crippen LogP) is 2.79. The molecule has 5 heteroatoms. The number of likely N-dealkylation sites (N-methyl/N-ethyl adjacent to an activating group) is 1. The highest BCUT2D eigenvalue weighted by atomic mass is 127. The van der Waals surface area contributed by atoms with Gasteiger partial charge < -0.3 is 15.1 Å². The molecule has 2 aliphatic heterocycles. The van der Waals surface area contributed by atoms with Crippen molar-refractivity contribution >= 4 is 29.9 Å². The van der Waals surface area contributed by atoms with E-state index in [2.05, 4.69) is 42.9 Å². The lowest BCUT2D eigenvalue weighted by atomic mass is 9.87. The van der Waals surface area contributed by atoms with E-state index >= 15 is 0 Å². The molecule has 2 saturated heterocycles. The van der Waals surface area contributed by atoms with E-state index in [1.165, 1.54) is 32.2 Å². The molecule has 0 aromatic heterocycles. The van der Waals surface area contributed by atoms with Gasteiger partial charge in [0.15, 0.2) is 5.96 Å². The van der Waals surface area contributed by atoms with Gasteiger partial charge in [0.25, 0.3) is 0 Å². The molecule has 0 bridgehead atoms. The summed E-state index contributed by atoms with van der Waals surface area (Å²) in [5.41, 5.74) is 0.473. The Morgan fingerprint density at radius 1 is 1.33 bits per heavy atom. The van der Waals surface area contributed by atoms with Crippen LogP contribution in [-0.2, 0) is 0 Å². The largest absolute Gasteiger partial charge is 0.357 e. The van der Waals surface area contributed by atoms with E-state index in [9.17, 15) is 0 Å². The quantitative estimate of drug-likeness (QED) is 0.441. The van der Waals surface area contributed by atoms with E-state index in [4.69, 9.17) is 4.99 Å². The Morgan fingerprint density at radius 2 is 2.10 bits per heavy atom. The van der Waals surface area contributed by atoms with Crippen LogP contribution < -0.4 is 5.32 Å². The minimum atomic E-state index is 0. The van der Waals surface area contributed by atoms with Gasteiger partial charge in [0.2, 0.25) is 0 Å². The first-order valence-corrected chi connectivity index (χ1v) is 8.31. The summed E-state index contributed by atoms with van der Waals surface area (Å²) in [6, 6.07) is 0.642. The first-order valence-electron chi connectivity index (χ1n) is 8.31. The van der Waals surface area contributed by atoms with E-state index < -0.39 is 0 Å². The van der Waals surface area contributed by atoms with Crippen molar-refractivity contribution in [1.82, 2.24) is 15.1 Å². The third-order valence-corrected chi connectivity index (χ3v) is 5.17. The van der Waals surface area contributed by atoms with Gasteiger partial charge in [-0.05, 0) is 51.6 Å². The molecule has 2 fully saturated rings. The standard InChI is InChI=1S/C16H32N4.HI/c1-5-16(3)9-11-20(13-16)15(17-6-2)18-12-14-8-7-10-19(14)4;/h14H,5-13H2,1-4H3,(H,17,18);1H. The molecule has 0 amide bonds. The molecule has 2 unspecified atom stereocenters. The van der Waals surface area contributed by atoms with Crippen LogP contribution in [0.4, 0.5) is 0 Å². The van der Waals surface area contributed by atoms with Gasteiger partial charge in [-0.1, -0.05) is 13.8 Å². The van der Waals surface area contributed by atoms with Crippen LogP contribution in [-0.4, -0.2) is 61.6 Å². The molecule has 0 saturated carbocycles. The van der Waals surface area contributed by atoms with E-state index in [-0.39, 0.29) is 24.0 Å². The molecule has 2 rings (SSSR count). The number of nitrogens with zero attached hydrogens (tertiary/aromatic N) is 3. The van der Waals surface area contributed by atoms with Gasteiger partial charge in [0.05, 0.1) is 6.54 Å². The van der Waals surface area contributed by atoms with Gasteiger partial charge in [-0.25, -0.2) is 0 Å². The second kappa shape index (κ2) is 8.56. The molecule has 0 aromatic rings. The Hall–Kier alpha value is -0.0400. The number of rotatable bonds is 4. The molecule has 1 N–H and O–H groups in total. The molecule has 0 aliphatic carbocycles. The minimum Gasteiger partial charge on any atom is -0.357 e. The Balaban J connectivity index is 0.00000220. The maximum atomic E-state index is 4.92. The molecule has 0 spiro atoms. The zero-order valence-corrected chi connectivity index (χ0v) is 16.5. The van der Waals surface area contributed by atoms with Crippen LogP contribution in [0.25, 0.3) is 0 Å². The number of nitrogens with one attached hydrogen (secondary N) is 1. The van der Waals surface area contributed by atoms with Crippen molar-refractivity contribution in [2.45, 2.75) is 52.5 Å². The number of hydrogen-bond acceptors (Lipinski definition) is 2. The van der Waals surface area contributed by atoms with Gasteiger partial charge in [0, 0.05) is 25.7 Å². The third-order valence-electron chi connectivity index (χ3n) is 5.17. The van der Waals surface area contributed by atoms with Crippen LogP contribution in [0.1, 0.15) is 46.5 Å². The summed E-state index contributed by atoms with van der Waals surface area (Å²) >= 11 is 0. The summed E-state index contributed by atoms with van der Waals surface area (Å²) in [6.45, 7) is 12.3. The molecule has 0 aromatic carbocycles. The molecule has 124 valence electrons. The molecular formula is C16H33IN4. The Kier molecular flexibility index (Phi) is 7.74. The topological polar surface area (TPSA) is 30.9 Å². The fraction of sp³-hybridized carbons (Fsp3) is 0.938. The predicted molar refractivity (Wildman–Crippen MR) is 102 cm³/mol. The van der Waals surface area contributed by atoms with Crippen molar-refractivity contribution in [3.05, 3.63) is 0 Å². The molecular weight excluding hydrogens is 375 g/mol. The van der Waals surface area contributed by atoms with Crippen LogP contribution in [0.3, 0.4) is 0 Å². The summed E-state index contributed by atoms with van der Waals surface area (Å²) in [4.78, 5) is 9.83. The van der Waals surface area contributed by atoms with Crippen molar-refractivity contribution in [3.63, 3.8) is 0 Å². The fourth-order valence-electron chi connectivity index (χ4n) is 3.32. The van der Waals surface area contributed by atoms with Gasteiger partial charge in [0.1, 0.15) is 0 Å². The number of guanidine groups is 1. The second-order valence-corrected chi connectivity index (χ2v) is 6.81. The lowest BCUT2D eigenvalue weighted by molar-refractivity contribution is 0.311. The molecule has 4 nitrogen and oxygen atoms in total. The van der Waals surface area contributed by atoms with Gasteiger partial charge >= 0.3 is 0 Å². The lowest BCUT2D eigenvalue weighted by Gasteiger charge is -2.26. The molecule has 2 atom stereocenters. The van der Waals surface area contributed by atoms with Gasteiger partial charge in [-0.2, -0.15) is 0 Å². The number of hydrogen-bond donors (Lipinski definition) is 1. The zero-order valence-electron chi connectivity index (χ0n) is 14.2. The summed E-state index contributed by atoms with van der Waals surface area (Å²) in [5.74, 6) is 1.13. The van der Waals surface area contributed by atoms with Gasteiger partial charge in [-0.15, -0.1) is 24.0 Å². The van der Waals surface area contributed by atoms with Crippen LogP contribution in [0.5, 0.6) is 0 Å². The van der Waals surface area contributed by atoms with Crippen molar-refractivity contribution in [2.75, 3.05) is 39.8 Å². The summed E-state index contributed by atoms with van der Waals surface area (Å²) in [7, 11) is 2.23. The van der Waals surface area contributed by atoms with Crippen LogP contribution in [0.15, 0.2) is 4.99 Å². The minimum absolute atomic E-state index is 0. The fourth-order valence-corrected chi connectivity index (χ4v) is 3.32. The van der Waals surface area contributed by atoms with Crippen molar-refractivity contribution in [3.8, 4) is 0 Å². The van der Waals surface area contributed by atoms with E-state index in [0.717, 1.165) is 32.1 Å². The van der Waals surface area contributed by atoms with E-state index in [1.807, 2.05) is 0 Å². The van der Waals surface area contributed by atoms with E-state index in [0.29, 0.717) is 11.5 Å². The van der Waals surface area contributed by atoms with Crippen molar-refractivity contribution in [1.29, 1.82) is 0 Å². The number of aliphatic imine (C=N–C) groups is 1. The van der Waals surface area contributed by atoms with Crippen LogP contribution in [0.2, 0.25) is 0 Å². The Labute approximate surface area is 147 Å². The highest BCUT2D eigenvalue weighted by Gasteiger charge is 2.33. The molecule has 2 aliphatic rings. The summed E-state index contributed by atoms with van der Waals surface area (Å²) in [5, 5.41) is 3.48. The first kappa shape index (κ1) is 19.0. The van der Waals surface area contributed by atoms with Gasteiger partial charge in [-0.3, -0.25) is 4.99 Å². The number of halogens is 1. The normalized spacial score (nSPS) is 30.6. The molecule has 2 heterocycles.